The molecule has 2 atom stereocenters. The molecule has 106 valence electrons. The zero-order valence-electron chi connectivity index (χ0n) is 12.3. The maximum atomic E-state index is 11.7. The van der Waals surface area contributed by atoms with E-state index in [4.69, 9.17) is 5.11 Å². The Morgan fingerprint density at radius 2 is 1.63 bits per heavy atom. The summed E-state index contributed by atoms with van der Waals surface area (Å²) < 4.78 is 0. The minimum Gasteiger partial charge on any atom is -0.393 e. The van der Waals surface area contributed by atoms with Crippen LogP contribution in [-0.2, 0) is 4.79 Å². The molecule has 0 fully saturated rings. The summed E-state index contributed by atoms with van der Waals surface area (Å²) in [7, 11) is 0. The second-order valence-corrected chi connectivity index (χ2v) is 5.50. The number of aliphatic hydroxyl groups excluding tert-OH is 1. The van der Waals surface area contributed by atoms with E-state index < -0.39 is 6.10 Å². The number of carbonyl (C=O) groups is 1. The van der Waals surface area contributed by atoms with Crippen molar-refractivity contribution in [2.24, 2.45) is 0 Å². The molecule has 0 aliphatic carbocycles. The highest BCUT2D eigenvalue weighted by atomic mass is 16.3. The highest BCUT2D eigenvalue weighted by molar-refractivity contribution is 5.76. The third kappa shape index (κ3) is 5.43. The van der Waals surface area contributed by atoms with Gasteiger partial charge in [0.2, 0.25) is 5.91 Å². The summed E-state index contributed by atoms with van der Waals surface area (Å²) in [6, 6.07) is 8.35. The molecule has 0 saturated carbocycles. The third-order valence-corrected chi connectivity index (χ3v) is 3.27. The molecule has 0 aliphatic rings. The van der Waals surface area contributed by atoms with Gasteiger partial charge in [0.15, 0.2) is 0 Å². The number of amides is 1. The van der Waals surface area contributed by atoms with Crippen molar-refractivity contribution < 1.29 is 9.90 Å². The minimum absolute atomic E-state index is 0.00251. The van der Waals surface area contributed by atoms with Gasteiger partial charge in [-0.1, -0.05) is 38.1 Å². The van der Waals surface area contributed by atoms with Crippen LogP contribution in [-0.4, -0.2) is 17.1 Å². The van der Waals surface area contributed by atoms with Crippen LogP contribution < -0.4 is 5.32 Å². The van der Waals surface area contributed by atoms with Crippen molar-refractivity contribution in [3.8, 4) is 0 Å². The number of benzene rings is 1. The topological polar surface area (TPSA) is 49.3 Å². The largest absolute Gasteiger partial charge is 0.393 e. The maximum absolute atomic E-state index is 11.7. The Morgan fingerprint density at radius 1 is 1.11 bits per heavy atom. The molecule has 0 spiro atoms. The highest BCUT2D eigenvalue weighted by Gasteiger charge is 2.10. The predicted molar refractivity (Wildman–Crippen MR) is 78.0 cm³/mol. The van der Waals surface area contributed by atoms with E-state index in [1.165, 1.54) is 5.56 Å². The Kier molecular flexibility index (Phi) is 6.03. The second-order valence-electron chi connectivity index (χ2n) is 5.50. The molecule has 0 aliphatic heterocycles. The first-order valence-corrected chi connectivity index (χ1v) is 6.97. The monoisotopic (exact) mass is 263 g/mol. The fourth-order valence-electron chi connectivity index (χ4n) is 1.91. The standard InChI is InChI=1S/C16H25NO2/c1-11(2)14-6-8-15(9-7-14)13(4)17-16(19)10-5-12(3)18/h6-9,11-13,18H,5,10H2,1-4H3,(H,17,19). The predicted octanol–water partition coefficient (Wildman–Crippen LogP) is 3.15. The Hall–Kier alpha value is -1.35. The first kappa shape index (κ1) is 15.7. The molecule has 1 aromatic carbocycles. The highest BCUT2D eigenvalue weighted by Crippen LogP contribution is 2.18. The molecule has 0 radical (unpaired) electrons. The molecule has 0 bridgehead atoms. The lowest BCUT2D eigenvalue weighted by molar-refractivity contribution is -0.122. The van der Waals surface area contributed by atoms with Gasteiger partial charge in [0.1, 0.15) is 0 Å². The SMILES string of the molecule is CC(O)CCC(=O)NC(C)c1ccc(C(C)C)cc1. The Bertz CT molecular complexity index is 396. The van der Waals surface area contributed by atoms with E-state index in [9.17, 15) is 4.79 Å². The summed E-state index contributed by atoms with van der Waals surface area (Å²) >= 11 is 0. The van der Waals surface area contributed by atoms with Crippen LogP contribution in [0, 0.1) is 0 Å². The molecule has 3 nitrogen and oxygen atoms in total. The van der Waals surface area contributed by atoms with Gasteiger partial charge in [0.05, 0.1) is 12.1 Å². The molecule has 1 aromatic rings. The molecule has 19 heavy (non-hydrogen) atoms. The number of nitrogens with one attached hydrogen (secondary N) is 1. The van der Waals surface area contributed by atoms with Crippen molar-refractivity contribution in [3.05, 3.63) is 35.4 Å². The van der Waals surface area contributed by atoms with Crippen LogP contribution in [0.25, 0.3) is 0 Å². The summed E-state index contributed by atoms with van der Waals surface area (Å²) in [6.45, 7) is 8.00. The Labute approximate surface area is 116 Å². The van der Waals surface area contributed by atoms with Crippen molar-refractivity contribution in [3.63, 3.8) is 0 Å². The van der Waals surface area contributed by atoms with E-state index in [1.807, 2.05) is 6.92 Å². The van der Waals surface area contributed by atoms with Crippen molar-refractivity contribution in [2.45, 2.75) is 58.6 Å². The van der Waals surface area contributed by atoms with Gasteiger partial charge in [-0.2, -0.15) is 0 Å². The van der Waals surface area contributed by atoms with Crippen LogP contribution in [0.2, 0.25) is 0 Å². The van der Waals surface area contributed by atoms with E-state index in [2.05, 4.69) is 43.4 Å². The van der Waals surface area contributed by atoms with Gasteiger partial charge < -0.3 is 10.4 Å². The van der Waals surface area contributed by atoms with Crippen molar-refractivity contribution >= 4 is 5.91 Å². The summed E-state index contributed by atoms with van der Waals surface area (Å²) in [5, 5.41) is 12.1. The van der Waals surface area contributed by atoms with Crippen LogP contribution in [0.15, 0.2) is 24.3 Å². The van der Waals surface area contributed by atoms with Gasteiger partial charge in [0, 0.05) is 6.42 Å². The van der Waals surface area contributed by atoms with E-state index >= 15 is 0 Å². The molecule has 2 N–H and O–H groups in total. The van der Waals surface area contributed by atoms with Gasteiger partial charge in [0.25, 0.3) is 0 Å². The van der Waals surface area contributed by atoms with Crippen molar-refractivity contribution in [2.75, 3.05) is 0 Å². The summed E-state index contributed by atoms with van der Waals surface area (Å²) in [6.07, 6.45) is 0.447. The van der Waals surface area contributed by atoms with Gasteiger partial charge >= 0.3 is 0 Å². The molecule has 2 unspecified atom stereocenters. The molecular weight excluding hydrogens is 238 g/mol. The molecule has 0 heterocycles. The number of hydrogen-bond acceptors (Lipinski definition) is 2. The number of rotatable bonds is 6. The quantitative estimate of drug-likeness (QED) is 0.828. The summed E-state index contributed by atoms with van der Waals surface area (Å²) in [4.78, 5) is 11.7. The lowest BCUT2D eigenvalue weighted by atomic mass is 9.99. The molecule has 0 saturated heterocycles. The second kappa shape index (κ2) is 7.29. The maximum Gasteiger partial charge on any atom is 0.220 e. The smallest absolute Gasteiger partial charge is 0.220 e. The fraction of sp³-hybridized carbons (Fsp3) is 0.562. The molecular formula is C16H25NO2. The van der Waals surface area contributed by atoms with Crippen molar-refractivity contribution in [1.82, 2.24) is 5.32 Å². The van der Waals surface area contributed by atoms with Crippen LogP contribution in [0.1, 0.15) is 63.6 Å². The molecule has 1 rings (SSSR count). The molecule has 1 amide bonds. The first-order valence-electron chi connectivity index (χ1n) is 6.97. The number of carbonyl (C=O) groups excluding carboxylic acids is 1. The van der Waals surface area contributed by atoms with Gasteiger partial charge in [-0.15, -0.1) is 0 Å². The summed E-state index contributed by atoms with van der Waals surface area (Å²) in [5.41, 5.74) is 2.41. The average Bonchev–Trinajstić information content (AvgIpc) is 2.36. The Balaban J connectivity index is 2.53. The van der Waals surface area contributed by atoms with Gasteiger partial charge in [-0.05, 0) is 37.3 Å². The van der Waals surface area contributed by atoms with E-state index in [0.717, 1.165) is 5.56 Å². The average molecular weight is 263 g/mol. The number of aliphatic hydroxyl groups is 1. The van der Waals surface area contributed by atoms with Gasteiger partial charge in [-0.25, -0.2) is 0 Å². The van der Waals surface area contributed by atoms with E-state index in [0.29, 0.717) is 18.8 Å². The molecule has 3 heteroatoms. The molecule has 0 aromatic heterocycles. The zero-order valence-corrected chi connectivity index (χ0v) is 12.3. The summed E-state index contributed by atoms with van der Waals surface area (Å²) in [5.74, 6) is 0.506. The fourth-order valence-corrected chi connectivity index (χ4v) is 1.91. The lowest BCUT2D eigenvalue weighted by Crippen LogP contribution is -2.27. The minimum atomic E-state index is -0.425. The van der Waals surface area contributed by atoms with Crippen molar-refractivity contribution in [1.29, 1.82) is 0 Å². The Morgan fingerprint density at radius 3 is 2.11 bits per heavy atom. The normalized spacial score (nSPS) is 14.2. The van der Waals surface area contributed by atoms with Gasteiger partial charge in [-0.3, -0.25) is 4.79 Å². The van der Waals surface area contributed by atoms with E-state index in [1.54, 1.807) is 6.92 Å². The van der Waals surface area contributed by atoms with E-state index in [-0.39, 0.29) is 11.9 Å². The number of hydrogen-bond donors (Lipinski definition) is 2. The van der Waals surface area contributed by atoms with Crippen LogP contribution >= 0.6 is 0 Å². The van der Waals surface area contributed by atoms with Crippen LogP contribution in [0.4, 0.5) is 0 Å². The first-order chi connectivity index (χ1) is 8.90. The van der Waals surface area contributed by atoms with Crippen LogP contribution in [0.5, 0.6) is 0 Å². The third-order valence-electron chi connectivity index (χ3n) is 3.27. The van der Waals surface area contributed by atoms with Crippen LogP contribution in [0.3, 0.4) is 0 Å². The lowest BCUT2D eigenvalue weighted by Gasteiger charge is -2.16. The zero-order chi connectivity index (χ0) is 14.4.